The summed E-state index contributed by atoms with van der Waals surface area (Å²) in [5.41, 5.74) is 12.8. The minimum atomic E-state index is 0.617. The molecule has 5 nitrogen and oxygen atoms in total. The van der Waals surface area contributed by atoms with Crippen LogP contribution in [0.1, 0.15) is 11.1 Å². The van der Waals surface area contributed by atoms with Gasteiger partial charge in [-0.2, -0.15) is 10.5 Å². The van der Waals surface area contributed by atoms with Gasteiger partial charge in [-0.25, -0.2) is 0 Å². The normalized spacial score (nSPS) is 11.6. The summed E-state index contributed by atoms with van der Waals surface area (Å²) in [6.45, 7) is 0. The standard InChI is InChI=1S/C50H29N5/c51-30-32-20-26-47-41(28-32)39-13-3-7-17-45(39)54(47)36-25-27-48-42(29-36)40-14-4-8-18-46(40)55(48)49-19-9-10-34(31-52)50(49)33-21-23-35(24-22-33)53-43-15-5-1-11-37(43)38-12-2-6-16-44(38)53/h1-29H. The van der Waals surface area contributed by atoms with Crippen molar-refractivity contribution in [1.82, 2.24) is 13.7 Å². The molecule has 0 N–H and O–H groups in total. The molecule has 3 aromatic heterocycles. The molecule has 55 heavy (non-hydrogen) atoms. The van der Waals surface area contributed by atoms with Gasteiger partial charge in [0.05, 0.1) is 62.1 Å². The van der Waals surface area contributed by atoms with Crippen LogP contribution in [0.3, 0.4) is 0 Å². The molecule has 0 aliphatic heterocycles. The average molecular weight is 700 g/mol. The predicted molar refractivity (Wildman–Crippen MR) is 224 cm³/mol. The number of nitriles is 2. The highest BCUT2D eigenvalue weighted by atomic mass is 15.0. The Morgan fingerprint density at radius 1 is 0.345 bits per heavy atom. The molecule has 0 spiro atoms. The van der Waals surface area contributed by atoms with Crippen molar-refractivity contribution in [3.63, 3.8) is 0 Å². The van der Waals surface area contributed by atoms with Crippen LogP contribution in [-0.2, 0) is 0 Å². The lowest BCUT2D eigenvalue weighted by Crippen LogP contribution is -2.00. The van der Waals surface area contributed by atoms with E-state index < -0.39 is 0 Å². The van der Waals surface area contributed by atoms with Crippen molar-refractivity contribution in [3.8, 4) is 40.3 Å². The van der Waals surface area contributed by atoms with E-state index in [4.69, 9.17) is 0 Å². The number of hydrogen-bond donors (Lipinski definition) is 0. The van der Waals surface area contributed by atoms with Crippen LogP contribution < -0.4 is 0 Å². The van der Waals surface area contributed by atoms with Crippen LogP contribution in [0.15, 0.2) is 176 Å². The smallest absolute Gasteiger partial charge is 0.0998 e. The summed E-state index contributed by atoms with van der Waals surface area (Å²) in [6, 6.07) is 65.9. The Labute approximate surface area is 316 Å². The van der Waals surface area contributed by atoms with E-state index in [1.54, 1.807) is 0 Å². The van der Waals surface area contributed by atoms with Crippen LogP contribution >= 0.6 is 0 Å². The van der Waals surface area contributed by atoms with Crippen molar-refractivity contribution >= 4 is 65.4 Å². The molecular formula is C50H29N5. The fourth-order valence-corrected chi connectivity index (χ4v) is 8.78. The van der Waals surface area contributed by atoms with Gasteiger partial charge in [0.25, 0.3) is 0 Å². The molecule has 5 heteroatoms. The van der Waals surface area contributed by atoms with Crippen LogP contribution in [0.2, 0.25) is 0 Å². The number of aromatic nitrogens is 3. The van der Waals surface area contributed by atoms with Gasteiger partial charge in [0.2, 0.25) is 0 Å². The molecule has 0 saturated heterocycles. The SMILES string of the molecule is N#Cc1ccc2c(c1)c1ccccc1n2-c1ccc2c(c1)c1ccccc1n2-c1cccc(C#N)c1-c1ccc(-n2c3ccccc3c3ccccc32)cc1. The third-order valence-electron chi connectivity index (χ3n) is 11.1. The van der Waals surface area contributed by atoms with Crippen molar-refractivity contribution < 1.29 is 0 Å². The second-order valence-corrected chi connectivity index (χ2v) is 14.0. The van der Waals surface area contributed by atoms with E-state index in [9.17, 15) is 10.5 Å². The summed E-state index contributed by atoms with van der Waals surface area (Å²) in [7, 11) is 0. The van der Waals surface area contributed by atoms with Crippen molar-refractivity contribution in [2.75, 3.05) is 0 Å². The lowest BCUT2D eigenvalue weighted by molar-refractivity contribution is 1.16. The molecule has 0 fully saturated rings. The Morgan fingerprint density at radius 3 is 1.42 bits per heavy atom. The second kappa shape index (κ2) is 11.8. The maximum absolute atomic E-state index is 10.5. The molecule has 0 atom stereocenters. The molecule has 8 aromatic carbocycles. The molecule has 0 bridgehead atoms. The minimum Gasteiger partial charge on any atom is -0.309 e. The largest absolute Gasteiger partial charge is 0.309 e. The zero-order chi connectivity index (χ0) is 36.6. The van der Waals surface area contributed by atoms with Gasteiger partial charge in [0.1, 0.15) is 0 Å². The van der Waals surface area contributed by atoms with Gasteiger partial charge in [0.15, 0.2) is 0 Å². The van der Waals surface area contributed by atoms with Crippen molar-refractivity contribution in [1.29, 1.82) is 10.5 Å². The highest BCUT2D eigenvalue weighted by molar-refractivity contribution is 6.13. The molecule has 0 saturated carbocycles. The predicted octanol–water partition coefficient (Wildman–Crippen LogP) is 12.4. The maximum atomic E-state index is 10.5. The van der Waals surface area contributed by atoms with Crippen molar-refractivity contribution in [2.45, 2.75) is 0 Å². The van der Waals surface area contributed by atoms with Crippen LogP contribution in [0.4, 0.5) is 0 Å². The van der Waals surface area contributed by atoms with Gasteiger partial charge in [-0.3, -0.25) is 0 Å². The Morgan fingerprint density at radius 2 is 0.818 bits per heavy atom. The highest BCUT2D eigenvalue weighted by Crippen LogP contribution is 2.41. The summed E-state index contributed by atoms with van der Waals surface area (Å²) < 4.78 is 6.91. The summed E-state index contributed by atoms with van der Waals surface area (Å²) in [6.07, 6.45) is 0. The first-order valence-electron chi connectivity index (χ1n) is 18.3. The third kappa shape index (κ3) is 4.45. The summed E-state index contributed by atoms with van der Waals surface area (Å²) >= 11 is 0. The average Bonchev–Trinajstić information content (AvgIpc) is 3.88. The number of fused-ring (bicyclic) bond motifs is 9. The Balaban J connectivity index is 1.11. The number of benzene rings is 8. The topological polar surface area (TPSA) is 62.4 Å². The zero-order valence-corrected chi connectivity index (χ0v) is 29.5. The molecule has 11 rings (SSSR count). The zero-order valence-electron chi connectivity index (χ0n) is 29.5. The van der Waals surface area contributed by atoms with Gasteiger partial charge in [-0.15, -0.1) is 0 Å². The number of hydrogen-bond acceptors (Lipinski definition) is 2. The van der Waals surface area contributed by atoms with E-state index in [2.05, 4.69) is 165 Å². The molecule has 0 aliphatic rings. The third-order valence-corrected chi connectivity index (χ3v) is 11.1. The van der Waals surface area contributed by atoms with Gasteiger partial charge in [-0.1, -0.05) is 91.0 Å². The molecular weight excluding hydrogens is 671 g/mol. The monoisotopic (exact) mass is 699 g/mol. The molecule has 254 valence electrons. The van der Waals surface area contributed by atoms with E-state index in [0.29, 0.717) is 11.1 Å². The van der Waals surface area contributed by atoms with E-state index >= 15 is 0 Å². The summed E-state index contributed by atoms with van der Waals surface area (Å²) in [5.74, 6) is 0. The van der Waals surface area contributed by atoms with Gasteiger partial charge in [-0.05, 0) is 90.5 Å². The lowest BCUT2D eigenvalue weighted by atomic mass is 9.97. The molecule has 3 heterocycles. The van der Waals surface area contributed by atoms with Gasteiger partial charge >= 0.3 is 0 Å². The molecule has 0 radical (unpaired) electrons. The first-order valence-corrected chi connectivity index (χ1v) is 18.3. The van der Waals surface area contributed by atoms with Crippen molar-refractivity contribution in [3.05, 3.63) is 187 Å². The van der Waals surface area contributed by atoms with Crippen LogP contribution in [0, 0.1) is 22.7 Å². The number of nitrogens with zero attached hydrogens (tertiary/aromatic N) is 5. The first-order chi connectivity index (χ1) is 27.2. The first kappa shape index (κ1) is 30.7. The van der Waals surface area contributed by atoms with E-state index in [0.717, 1.165) is 82.8 Å². The molecule has 0 amide bonds. The van der Waals surface area contributed by atoms with E-state index in [-0.39, 0.29) is 0 Å². The lowest BCUT2D eigenvalue weighted by Gasteiger charge is -2.16. The van der Waals surface area contributed by atoms with Crippen LogP contribution in [-0.4, -0.2) is 13.7 Å². The highest BCUT2D eigenvalue weighted by Gasteiger charge is 2.20. The van der Waals surface area contributed by atoms with E-state index in [1.807, 2.05) is 36.4 Å². The summed E-state index contributed by atoms with van der Waals surface area (Å²) in [4.78, 5) is 0. The minimum absolute atomic E-state index is 0.617. The fourth-order valence-electron chi connectivity index (χ4n) is 8.78. The fraction of sp³-hybridized carbons (Fsp3) is 0. The van der Waals surface area contributed by atoms with Crippen LogP contribution in [0.25, 0.3) is 93.6 Å². The summed E-state index contributed by atoms with van der Waals surface area (Å²) in [5, 5.41) is 27.1. The molecule has 0 aliphatic carbocycles. The van der Waals surface area contributed by atoms with Gasteiger partial charge < -0.3 is 13.7 Å². The quantitative estimate of drug-likeness (QED) is 0.184. The molecule has 0 unspecified atom stereocenters. The Kier molecular flexibility index (Phi) is 6.61. The Bertz CT molecular complexity index is 3400. The number of rotatable bonds is 4. The molecule has 11 aromatic rings. The van der Waals surface area contributed by atoms with E-state index in [1.165, 1.54) is 10.8 Å². The maximum Gasteiger partial charge on any atom is 0.0998 e. The Hall–Kier alpha value is -7.86. The van der Waals surface area contributed by atoms with Gasteiger partial charge in [0, 0.05) is 49.3 Å². The van der Waals surface area contributed by atoms with Crippen LogP contribution in [0.5, 0.6) is 0 Å². The van der Waals surface area contributed by atoms with Crippen molar-refractivity contribution in [2.24, 2.45) is 0 Å². The second-order valence-electron chi connectivity index (χ2n) is 14.0. The number of para-hydroxylation sites is 4.